The van der Waals surface area contributed by atoms with Crippen LogP contribution in [0.25, 0.3) is 0 Å². The largest absolute Gasteiger partial charge is 0.480 e. The van der Waals surface area contributed by atoms with Crippen LogP contribution in [0.1, 0.15) is 19.3 Å². The zero-order valence-electron chi connectivity index (χ0n) is 13.8. The molecule has 8 heteroatoms. The quantitative estimate of drug-likeness (QED) is 0.815. The lowest BCUT2D eigenvalue weighted by Crippen LogP contribution is -2.43. The summed E-state index contributed by atoms with van der Waals surface area (Å²) in [4.78, 5) is 25.0. The van der Waals surface area contributed by atoms with Crippen LogP contribution in [0.3, 0.4) is 0 Å². The van der Waals surface area contributed by atoms with E-state index >= 15 is 0 Å². The van der Waals surface area contributed by atoms with Gasteiger partial charge in [-0.3, -0.25) is 4.79 Å². The van der Waals surface area contributed by atoms with Crippen molar-refractivity contribution in [3.05, 3.63) is 41.1 Å². The highest BCUT2D eigenvalue weighted by molar-refractivity contribution is 6.32. The molecule has 1 saturated carbocycles. The summed E-state index contributed by atoms with van der Waals surface area (Å²) in [6.45, 7) is -0.0359. The van der Waals surface area contributed by atoms with Gasteiger partial charge in [-0.1, -0.05) is 23.7 Å². The van der Waals surface area contributed by atoms with Crippen LogP contribution in [0.15, 0.2) is 36.1 Å². The van der Waals surface area contributed by atoms with E-state index in [1.807, 2.05) is 0 Å². The molecule has 1 aromatic carbocycles. The van der Waals surface area contributed by atoms with Crippen molar-refractivity contribution in [2.75, 3.05) is 6.54 Å². The fourth-order valence-electron chi connectivity index (χ4n) is 3.40. The van der Waals surface area contributed by atoms with Crippen LogP contribution < -0.4 is 4.74 Å². The summed E-state index contributed by atoms with van der Waals surface area (Å²) in [5.74, 6) is -1.50. The molecule has 3 unspecified atom stereocenters. The summed E-state index contributed by atoms with van der Waals surface area (Å²) in [6, 6.07) is 5.55. The number of rotatable bonds is 6. The first-order valence-electron chi connectivity index (χ1n) is 8.29. The van der Waals surface area contributed by atoms with E-state index in [-0.39, 0.29) is 31.6 Å². The Bertz CT molecular complexity index is 732. The summed E-state index contributed by atoms with van der Waals surface area (Å²) in [5, 5.41) is 9.86. The van der Waals surface area contributed by atoms with Gasteiger partial charge in [0.05, 0.1) is 11.6 Å². The number of carboxylic acids is 1. The van der Waals surface area contributed by atoms with E-state index in [1.54, 1.807) is 24.3 Å². The molecule has 1 N–H and O–H groups in total. The van der Waals surface area contributed by atoms with Gasteiger partial charge in [-0.15, -0.1) is 0 Å². The van der Waals surface area contributed by atoms with Gasteiger partial charge in [0.25, 0.3) is 5.91 Å². The van der Waals surface area contributed by atoms with E-state index in [0.717, 1.165) is 4.90 Å². The summed E-state index contributed by atoms with van der Waals surface area (Å²) in [5.41, 5.74) is 0. The highest BCUT2D eigenvalue weighted by Crippen LogP contribution is 2.35. The SMILES string of the molecule is O=C(O)C(CC1CC(F)C(F)C1)N1CC(Oc2ccccc2Cl)=CC1=O. The highest BCUT2D eigenvalue weighted by atomic mass is 35.5. The van der Waals surface area contributed by atoms with Crippen LogP contribution in [-0.4, -0.2) is 46.8 Å². The first kappa shape index (κ1) is 18.6. The average Bonchev–Trinajstić information content (AvgIpc) is 3.09. The van der Waals surface area contributed by atoms with E-state index in [9.17, 15) is 23.5 Å². The number of halogens is 3. The van der Waals surface area contributed by atoms with Crippen LogP contribution in [-0.2, 0) is 9.59 Å². The minimum Gasteiger partial charge on any atom is -0.480 e. The topological polar surface area (TPSA) is 66.8 Å². The molecule has 140 valence electrons. The first-order chi connectivity index (χ1) is 12.3. The van der Waals surface area contributed by atoms with Gasteiger partial charge in [0.1, 0.15) is 29.9 Å². The predicted molar refractivity (Wildman–Crippen MR) is 90.4 cm³/mol. The lowest BCUT2D eigenvalue weighted by molar-refractivity contribution is -0.148. The second-order valence-electron chi connectivity index (χ2n) is 6.57. The number of benzene rings is 1. The Balaban J connectivity index is 1.67. The third kappa shape index (κ3) is 3.98. The number of carbonyl (C=O) groups excluding carboxylic acids is 1. The smallest absolute Gasteiger partial charge is 0.326 e. The van der Waals surface area contributed by atoms with E-state index < -0.39 is 36.2 Å². The summed E-state index contributed by atoms with van der Waals surface area (Å²) in [6.07, 6.45) is -1.96. The molecule has 0 saturated heterocycles. The maximum atomic E-state index is 13.4. The standard InChI is InChI=1S/C18H18ClF2NO4/c19-12-3-1-2-4-16(12)26-11-8-17(23)22(9-11)15(18(24)25)7-10-5-13(20)14(21)6-10/h1-4,8,10,13-15H,5-7,9H2,(H,24,25). The maximum absolute atomic E-state index is 13.4. The summed E-state index contributed by atoms with van der Waals surface area (Å²) in [7, 11) is 0. The van der Waals surface area contributed by atoms with E-state index in [2.05, 4.69) is 0 Å². The van der Waals surface area contributed by atoms with Crippen molar-refractivity contribution in [3.63, 3.8) is 0 Å². The molecule has 1 aliphatic carbocycles. The molecule has 0 radical (unpaired) electrons. The number of hydrogen-bond acceptors (Lipinski definition) is 3. The lowest BCUT2D eigenvalue weighted by Gasteiger charge is -2.26. The molecule has 1 heterocycles. The summed E-state index contributed by atoms with van der Waals surface area (Å²) < 4.78 is 32.3. The van der Waals surface area contributed by atoms with Gasteiger partial charge in [0.15, 0.2) is 0 Å². The van der Waals surface area contributed by atoms with Crippen molar-refractivity contribution in [3.8, 4) is 5.75 Å². The van der Waals surface area contributed by atoms with Crippen LogP contribution in [0, 0.1) is 5.92 Å². The third-order valence-electron chi connectivity index (χ3n) is 4.70. The molecular weight excluding hydrogens is 368 g/mol. The molecule has 1 amide bonds. The number of nitrogens with zero attached hydrogens (tertiary/aromatic N) is 1. The van der Waals surface area contributed by atoms with Crippen molar-refractivity contribution in [1.29, 1.82) is 0 Å². The Hall–Kier alpha value is -2.15. The molecule has 1 aliphatic heterocycles. The number of alkyl halides is 2. The molecule has 1 aromatic rings. The molecular formula is C18H18ClF2NO4. The van der Waals surface area contributed by atoms with Crippen molar-refractivity contribution < 1.29 is 28.2 Å². The van der Waals surface area contributed by atoms with Crippen LogP contribution >= 0.6 is 11.6 Å². The number of aliphatic carboxylic acids is 1. The Morgan fingerprint density at radius 3 is 2.58 bits per heavy atom. The molecule has 3 atom stereocenters. The van der Waals surface area contributed by atoms with Crippen LogP contribution in [0.5, 0.6) is 5.75 Å². The van der Waals surface area contributed by atoms with Gasteiger partial charge in [-0.05, 0) is 37.3 Å². The van der Waals surface area contributed by atoms with E-state index in [0.29, 0.717) is 10.8 Å². The first-order valence-corrected chi connectivity index (χ1v) is 8.67. The predicted octanol–water partition coefficient (Wildman–Crippen LogP) is 3.37. The fraction of sp³-hybridized carbons (Fsp3) is 0.444. The Morgan fingerprint density at radius 1 is 1.31 bits per heavy atom. The van der Waals surface area contributed by atoms with Crippen molar-refractivity contribution in [2.24, 2.45) is 5.92 Å². The van der Waals surface area contributed by atoms with Crippen LogP contribution in [0.4, 0.5) is 8.78 Å². The molecule has 1 fully saturated rings. The van der Waals surface area contributed by atoms with Gasteiger partial charge in [-0.2, -0.15) is 0 Å². The number of carboxylic acid groups (broad SMARTS) is 1. The Kier molecular flexibility index (Phi) is 5.46. The van der Waals surface area contributed by atoms with Gasteiger partial charge in [0.2, 0.25) is 0 Å². The van der Waals surface area contributed by atoms with Gasteiger partial charge in [-0.25, -0.2) is 13.6 Å². The number of para-hydroxylation sites is 1. The molecule has 0 bridgehead atoms. The monoisotopic (exact) mass is 385 g/mol. The van der Waals surface area contributed by atoms with Gasteiger partial charge in [0, 0.05) is 6.08 Å². The highest BCUT2D eigenvalue weighted by Gasteiger charge is 2.40. The second kappa shape index (κ2) is 7.61. The molecule has 3 rings (SSSR count). The molecule has 0 spiro atoms. The lowest BCUT2D eigenvalue weighted by atomic mass is 9.97. The molecule has 26 heavy (non-hydrogen) atoms. The van der Waals surface area contributed by atoms with Gasteiger partial charge >= 0.3 is 5.97 Å². The number of hydrogen-bond donors (Lipinski definition) is 1. The minimum atomic E-state index is -1.57. The zero-order chi connectivity index (χ0) is 18.8. The Labute approximate surface area is 154 Å². The van der Waals surface area contributed by atoms with Crippen LogP contribution in [0.2, 0.25) is 5.02 Å². The normalized spacial score (nSPS) is 26.7. The molecule has 2 aliphatic rings. The number of ether oxygens (including phenoxy) is 1. The number of amides is 1. The summed E-state index contributed by atoms with van der Waals surface area (Å²) >= 11 is 6.01. The maximum Gasteiger partial charge on any atom is 0.326 e. The molecule has 5 nitrogen and oxygen atoms in total. The van der Waals surface area contributed by atoms with Crippen molar-refractivity contribution in [1.82, 2.24) is 4.90 Å². The fourth-order valence-corrected chi connectivity index (χ4v) is 3.58. The second-order valence-corrected chi connectivity index (χ2v) is 6.98. The zero-order valence-corrected chi connectivity index (χ0v) is 14.5. The Morgan fingerprint density at radius 2 is 1.96 bits per heavy atom. The van der Waals surface area contributed by atoms with E-state index in [4.69, 9.17) is 16.3 Å². The van der Waals surface area contributed by atoms with Crippen molar-refractivity contribution >= 4 is 23.5 Å². The average molecular weight is 386 g/mol. The minimum absolute atomic E-state index is 0.00905. The molecule has 0 aromatic heterocycles. The number of carbonyl (C=O) groups is 2. The van der Waals surface area contributed by atoms with E-state index in [1.165, 1.54) is 6.08 Å². The van der Waals surface area contributed by atoms with Crippen molar-refractivity contribution in [2.45, 2.75) is 37.6 Å². The third-order valence-corrected chi connectivity index (χ3v) is 5.01. The van der Waals surface area contributed by atoms with Gasteiger partial charge < -0.3 is 14.7 Å².